The molecule has 0 amide bonds. The van der Waals surface area contributed by atoms with Crippen molar-refractivity contribution in [1.29, 1.82) is 0 Å². The first-order chi connectivity index (χ1) is 18.6. The van der Waals surface area contributed by atoms with Gasteiger partial charge in [-0.2, -0.15) is 0 Å². The monoisotopic (exact) mass is 563 g/mol. The van der Waals surface area contributed by atoms with Crippen molar-refractivity contribution in [2.75, 3.05) is 0 Å². The predicted octanol–water partition coefficient (Wildman–Crippen LogP) is 5.46. The van der Waals surface area contributed by atoms with Crippen LogP contribution in [0.15, 0.2) is 136 Å². The highest BCUT2D eigenvalue weighted by atomic mass is 32.2. The van der Waals surface area contributed by atoms with Gasteiger partial charge in [0, 0.05) is 11.1 Å². The molecule has 7 nitrogen and oxygen atoms in total. The SMILES string of the molecule is CC(/C(=N/O)c1ccccc1)S(=O)(=O)c1ccccc1.CC(C(=O)c1ccccc1)S(=O)(=O)c1ccccc1. The lowest BCUT2D eigenvalue weighted by Gasteiger charge is -2.14. The van der Waals surface area contributed by atoms with Gasteiger partial charge in [-0.1, -0.05) is 102 Å². The maximum absolute atomic E-state index is 12.5. The van der Waals surface area contributed by atoms with Crippen LogP contribution in [0.4, 0.5) is 0 Å². The van der Waals surface area contributed by atoms with Crippen LogP contribution in [0.25, 0.3) is 0 Å². The zero-order chi connectivity index (χ0) is 28.5. The van der Waals surface area contributed by atoms with Gasteiger partial charge in [-0.25, -0.2) is 16.8 Å². The van der Waals surface area contributed by atoms with Crippen LogP contribution in [-0.4, -0.2) is 44.0 Å². The molecule has 0 radical (unpaired) electrons. The van der Waals surface area contributed by atoms with Gasteiger partial charge in [0.05, 0.1) is 9.79 Å². The average molecular weight is 564 g/mol. The second-order valence-electron chi connectivity index (χ2n) is 8.58. The number of ketones is 1. The summed E-state index contributed by atoms with van der Waals surface area (Å²) in [5.41, 5.74) is 1.13. The number of benzene rings is 4. The highest BCUT2D eigenvalue weighted by Gasteiger charge is 2.30. The van der Waals surface area contributed by atoms with Gasteiger partial charge in [-0.15, -0.1) is 0 Å². The quantitative estimate of drug-likeness (QED) is 0.132. The number of carbonyl (C=O) groups is 1. The Balaban J connectivity index is 0.000000216. The van der Waals surface area contributed by atoms with Crippen LogP contribution in [0, 0.1) is 0 Å². The molecule has 9 heteroatoms. The van der Waals surface area contributed by atoms with E-state index in [2.05, 4.69) is 5.16 Å². The summed E-state index contributed by atoms with van der Waals surface area (Å²) in [6, 6.07) is 33.4. The number of hydrogen-bond acceptors (Lipinski definition) is 7. The van der Waals surface area contributed by atoms with Crippen LogP contribution in [0.2, 0.25) is 0 Å². The Kier molecular flexibility index (Phi) is 9.92. The molecular formula is C30H29NO6S2. The lowest BCUT2D eigenvalue weighted by molar-refractivity contribution is 0.0991. The van der Waals surface area contributed by atoms with E-state index < -0.39 is 30.2 Å². The molecule has 4 aromatic carbocycles. The molecule has 0 bridgehead atoms. The second-order valence-corrected chi connectivity index (χ2v) is 13.1. The number of carbonyl (C=O) groups excluding carboxylic acids is 1. The summed E-state index contributed by atoms with van der Waals surface area (Å²) in [4.78, 5) is 12.6. The van der Waals surface area contributed by atoms with Gasteiger partial charge in [-0.3, -0.25) is 4.79 Å². The van der Waals surface area contributed by atoms with Crippen LogP contribution in [0.5, 0.6) is 0 Å². The molecule has 0 spiro atoms. The minimum atomic E-state index is -3.64. The molecule has 0 fully saturated rings. The predicted molar refractivity (Wildman–Crippen MR) is 152 cm³/mol. The molecule has 0 saturated heterocycles. The summed E-state index contributed by atoms with van der Waals surface area (Å²) in [6.07, 6.45) is 0. The summed E-state index contributed by atoms with van der Waals surface area (Å²) >= 11 is 0. The third kappa shape index (κ3) is 7.07. The van der Waals surface area contributed by atoms with Crippen molar-refractivity contribution in [3.63, 3.8) is 0 Å². The number of oxime groups is 1. The van der Waals surface area contributed by atoms with Crippen LogP contribution in [0.1, 0.15) is 29.8 Å². The second kappa shape index (κ2) is 13.1. The van der Waals surface area contributed by atoms with Gasteiger partial charge in [0.25, 0.3) is 0 Å². The molecule has 4 aromatic rings. The molecule has 1 N–H and O–H groups in total. The van der Waals surface area contributed by atoms with Crippen molar-refractivity contribution < 1.29 is 26.8 Å². The molecule has 0 heterocycles. The van der Waals surface area contributed by atoms with Crippen molar-refractivity contribution in [2.24, 2.45) is 5.16 Å². The van der Waals surface area contributed by atoms with E-state index in [1.807, 2.05) is 6.07 Å². The summed E-state index contributed by atoms with van der Waals surface area (Å²) in [5.74, 6) is -0.385. The zero-order valence-corrected chi connectivity index (χ0v) is 23.1. The first-order valence-electron chi connectivity index (χ1n) is 12.0. The normalized spacial score (nSPS) is 13.4. The van der Waals surface area contributed by atoms with Crippen molar-refractivity contribution in [3.05, 3.63) is 132 Å². The smallest absolute Gasteiger partial charge is 0.188 e. The number of nitrogens with zero attached hydrogens (tertiary/aromatic N) is 1. The van der Waals surface area contributed by atoms with Crippen LogP contribution in [-0.2, 0) is 19.7 Å². The Labute approximate surface area is 229 Å². The van der Waals surface area contributed by atoms with Crippen LogP contribution < -0.4 is 0 Å². The van der Waals surface area contributed by atoms with E-state index in [1.54, 1.807) is 91.0 Å². The Morgan fingerprint density at radius 3 is 1.28 bits per heavy atom. The van der Waals surface area contributed by atoms with Gasteiger partial charge in [0.1, 0.15) is 16.2 Å². The number of rotatable bonds is 8. The largest absolute Gasteiger partial charge is 0.411 e. The van der Waals surface area contributed by atoms with Crippen molar-refractivity contribution in [3.8, 4) is 0 Å². The van der Waals surface area contributed by atoms with Gasteiger partial charge in [0.2, 0.25) is 0 Å². The van der Waals surface area contributed by atoms with Crippen molar-refractivity contribution in [1.82, 2.24) is 0 Å². The molecule has 0 aromatic heterocycles. The summed E-state index contributed by atoms with van der Waals surface area (Å²) in [5, 5.41) is 10.4. The Morgan fingerprint density at radius 2 is 0.897 bits per heavy atom. The van der Waals surface area contributed by atoms with E-state index in [1.165, 1.54) is 38.1 Å². The molecule has 2 atom stereocenters. The fraction of sp³-hybridized carbons (Fsp3) is 0.133. The topological polar surface area (TPSA) is 118 Å². The van der Waals surface area contributed by atoms with Crippen LogP contribution in [0.3, 0.4) is 0 Å². The van der Waals surface area contributed by atoms with Gasteiger partial charge in [-0.05, 0) is 38.1 Å². The first-order valence-corrected chi connectivity index (χ1v) is 15.1. The van der Waals surface area contributed by atoms with E-state index >= 15 is 0 Å². The lowest BCUT2D eigenvalue weighted by atomic mass is 10.1. The molecule has 39 heavy (non-hydrogen) atoms. The van der Waals surface area contributed by atoms with Gasteiger partial charge in [0.15, 0.2) is 25.5 Å². The molecule has 4 rings (SSSR count). The molecule has 0 aliphatic carbocycles. The molecule has 2 unspecified atom stereocenters. The minimum absolute atomic E-state index is 0.134. The Bertz CT molecular complexity index is 1610. The maximum atomic E-state index is 12.5. The lowest BCUT2D eigenvalue weighted by Crippen LogP contribution is -2.28. The highest BCUT2D eigenvalue weighted by Crippen LogP contribution is 2.20. The van der Waals surface area contributed by atoms with E-state index in [0.29, 0.717) is 11.1 Å². The maximum Gasteiger partial charge on any atom is 0.188 e. The molecule has 0 aliphatic rings. The van der Waals surface area contributed by atoms with Crippen molar-refractivity contribution in [2.45, 2.75) is 34.1 Å². The van der Waals surface area contributed by atoms with E-state index in [-0.39, 0.29) is 21.3 Å². The number of hydrogen-bond donors (Lipinski definition) is 1. The molecule has 202 valence electrons. The fourth-order valence-electron chi connectivity index (χ4n) is 3.74. The van der Waals surface area contributed by atoms with Gasteiger partial charge < -0.3 is 5.21 Å². The van der Waals surface area contributed by atoms with E-state index in [4.69, 9.17) is 0 Å². The average Bonchev–Trinajstić information content (AvgIpc) is 2.99. The van der Waals surface area contributed by atoms with Crippen LogP contribution >= 0.6 is 0 Å². The van der Waals surface area contributed by atoms with Crippen molar-refractivity contribution >= 4 is 31.2 Å². The third-order valence-electron chi connectivity index (χ3n) is 6.06. The van der Waals surface area contributed by atoms with E-state index in [9.17, 15) is 26.8 Å². The third-order valence-corrected chi connectivity index (χ3v) is 10.2. The van der Waals surface area contributed by atoms with Gasteiger partial charge >= 0.3 is 0 Å². The fourth-order valence-corrected chi connectivity index (χ4v) is 6.52. The van der Waals surface area contributed by atoms with E-state index in [0.717, 1.165) is 0 Å². The molecule has 0 saturated carbocycles. The highest BCUT2D eigenvalue weighted by molar-refractivity contribution is 7.93. The minimum Gasteiger partial charge on any atom is -0.411 e. The number of sulfone groups is 2. The summed E-state index contributed by atoms with van der Waals surface area (Å²) in [7, 11) is -7.23. The summed E-state index contributed by atoms with van der Waals surface area (Å²) in [6.45, 7) is 2.95. The standard InChI is InChI=1S/C15H15NO3S.C15H14O3S/c1-12(15(16-17)13-8-4-2-5-9-13)20(18,19)14-10-6-3-7-11-14;1-12(15(16)13-8-4-2-5-9-13)19(17,18)14-10-6-3-7-11-14/h2-12,17H,1H3;2-12H,1H3/b16-15-;. The Morgan fingerprint density at radius 1 is 0.564 bits per heavy atom. The summed E-state index contributed by atoms with van der Waals surface area (Å²) < 4.78 is 49.7. The molecule has 0 aliphatic heterocycles. The molecular weight excluding hydrogens is 534 g/mol. The number of Topliss-reactive ketones (excluding diaryl/α,β-unsaturated/α-hetero) is 1. The first kappa shape index (κ1) is 29.5. The Hall–Kier alpha value is -4.08. The zero-order valence-electron chi connectivity index (χ0n) is 21.5.